The maximum atomic E-state index is 13.8. The summed E-state index contributed by atoms with van der Waals surface area (Å²) in [7, 11) is 0. The fraction of sp³-hybridized carbons (Fsp3) is 0.238. The fourth-order valence-electron chi connectivity index (χ4n) is 3.40. The minimum absolute atomic E-state index is 0.0777. The number of carbonyl (C=O) groups is 1. The first-order valence-electron chi connectivity index (χ1n) is 9.34. The molecule has 1 fully saturated rings. The van der Waals surface area contributed by atoms with Gasteiger partial charge in [-0.1, -0.05) is 0 Å². The molecule has 150 valence electrons. The molecule has 1 amide bonds. The molecule has 6 nitrogen and oxygen atoms in total. The first-order chi connectivity index (χ1) is 14.0. The summed E-state index contributed by atoms with van der Waals surface area (Å²) in [5.74, 6) is -1.72. The second-order valence-corrected chi connectivity index (χ2v) is 6.94. The smallest absolute Gasteiger partial charge is 0.252 e. The molecule has 0 saturated carbocycles. The van der Waals surface area contributed by atoms with Gasteiger partial charge in [-0.2, -0.15) is 5.10 Å². The molecular formula is C21H20F2N4O2. The zero-order valence-corrected chi connectivity index (χ0v) is 15.6. The monoisotopic (exact) mass is 398 g/mol. The Balaban J connectivity index is 1.59. The summed E-state index contributed by atoms with van der Waals surface area (Å²) in [5.41, 5.74) is 7.07. The number of halogens is 2. The molecule has 1 atom stereocenters. The third-order valence-electron chi connectivity index (χ3n) is 4.89. The van der Waals surface area contributed by atoms with Crippen molar-refractivity contribution in [3.8, 4) is 22.8 Å². The van der Waals surface area contributed by atoms with E-state index >= 15 is 0 Å². The molecule has 2 aromatic carbocycles. The molecule has 0 bridgehead atoms. The SMILES string of the molecule is NC(=O)c1cn(C2CCCNC2)nc1-c1ccc(Oc2ccc(F)cc2F)cc1. The number of ether oxygens (including phenoxy) is 1. The van der Waals surface area contributed by atoms with Crippen LogP contribution >= 0.6 is 0 Å². The Morgan fingerprint density at radius 2 is 2.00 bits per heavy atom. The van der Waals surface area contributed by atoms with Crippen LogP contribution in [0.2, 0.25) is 0 Å². The van der Waals surface area contributed by atoms with E-state index in [4.69, 9.17) is 10.5 Å². The molecule has 1 aliphatic heterocycles. The van der Waals surface area contributed by atoms with Gasteiger partial charge in [-0.15, -0.1) is 0 Å². The molecule has 1 aliphatic rings. The molecule has 3 N–H and O–H groups in total. The highest BCUT2D eigenvalue weighted by Gasteiger charge is 2.21. The van der Waals surface area contributed by atoms with Crippen molar-refractivity contribution in [1.82, 2.24) is 15.1 Å². The van der Waals surface area contributed by atoms with E-state index in [-0.39, 0.29) is 11.8 Å². The summed E-state index contributed by atoms with van der Waals surface area (Å²) in [4.78, 5) is 11.9. The van der Waals surface area contributed by atoms with Crippen LogP contribution in [-0.4, -0.2) is 28.8 Å². The van der Waals surface area contributed by atoms with E-state index < -0.39 is 17.5 Å². The van der Waals surface area contributed by atoms with Gasteiger partial charge in [0.1, 0.15) is 17.3 Å². The number of nitrogens with one attached hydrogen (secondary N) is 1. The summed E-state index contributed by atoms with van der Waals surface area (Å²) in [6.07, 6.45) is 3.70. The van der Waals surface area contributed by atoms with Crippen LogP contribution in [0.25, 0.3) is 11.3 Å². The summed E-state index contributed by atoms with van der Waals surface area (Å²) in [6.45, 7) is 1.76. The molecule has 8 heteroatoms. The van der Waals surface area contributed by atoms with Gasteiger partial charge < -0.3 is 15.8 Å². The molecule has 1 unspecified atom stereocenters. The van der Waals surface area contributed by atoms with Crippen LogP contribution in [0.5, 0.6) is 11.5 Å². The number of nitrogens with two attached hydrogens (primary N) is 1. The van der Waals surface area contributed by atoms with E-state index in [1.54, 1.807) is 35.1 Å². The Bertz CT molecular complexity index is 1030. The van der Waals surface area contributed by atoms with Crippen molar-refractivity contribution in [3.05, 3.63) is 65.9 Å². The normalized spacial score (nSPS) is 16.6. The van der Waals surface area contributed by atoms with Gasteiger partial charge in [0.25, 0.3) is 5.91 Å². The largest absolute Gasteiger partial charge is 0.454 e. The lowest BCUT2D eigenvalue weighted by Crippen LogP contribution is -2.31. The van der Waals surface area contributed by atoms with E-state index in [0.29, 0.717) is 22.6 Å². The average molecular weight is 398 g/mol. The average Bonchev–Trinajstić information content (AvgIpc) is 3.17. The van der Waals surface area contributed by atoms with Gasteiger partial charge in [-0.3, -0.25) is 9.48 Å². The summed E-state index contributed by atoms with van der Waals surface area (Å²) >= 11 is 0. The van der Waals surface area contributed by atoms with Crippen molar-refractivity contribution in [2.45, 2.75) is 18.9 Å². The topological polar surface area (TPSA) is 82.2 Å². The third kappa shape index (κ3) is 4.12. The van der Waals surface area contributed by atoms with Crippen molar-refractivity contribution in [1.29, 1.82) is 0 Å². The van der Waals surface area contributed by atoms with Crippen molar-refractivity contribution in [2.75, 3.05) is 13.1 Å². The van der Waals surface area contributed by atoms with E-state index in [0.717, 1.165) is 38.1 Å². The first-order valence-corrected chi connectivity index (χ1v) is 9.34. The van der Waals surface area contributed by atoms with Crippen LogP contribution in [0.1, 0.15) is 29.2 Å². The maximum Gasteiger partial charge on any atom is 0.252 e. The van der Waals surface area contributed by atoms with E-state index in [2.05, 4.69) is 10.4 Å². The fourth-order valence-corrected chi connectivity index (χ4v) is 3.40. The maximum absolute atomic E-state index is 13.8. The third-order valence-corrected chi connectivity index (χ3v) is 4.89. The van der Waals surface area contributed by atoms with Crippen LogP contribution in [0, 0.1) is 11.6 Å². The molecular weight excluding hydrogens is 378 g/mol. The predicted octanol–water partition coefficient (Wildman–Crippen LogP) is 3.64. The molecule has 29 heavy (non-hydrogen) atoms. The number of hydrogen-bond acceptors (Lipinski definition) is 4. The second kappa shape index (κ2) is 8.00. The quantitative estimate of drug-likeness (QED) is 0.687. The van der Waals surface area contributed by atoms with Crippen molar-refractivity contribution < 1.29 is 18.3 Å². The van der Waals surface area contributed by atoms with Gasteiger partial charge in [-0.25, -0.2) is 8.78 Å². The number of amides is 1. The lowest BCUT2D eigenvalue weighted by atomic mass is 10.1. The highest BCUT2D eigenvalue weighted by atomic mass is 19.1. The molecule has 1 saturated heterocycles. The number of hydrogen-bond donors (Lipinski definition) is 2. The number of rotatable bonds is 5. The molecule has 1 aromatic heterocycles. The van der Waals surface area contributed by atoms with E-state index in [1.807, 2.05) is 0 Å². The molecule has 4 rings (SSSR count). The molecule has 0 spiro atoms. The van der Waals surface area contributed by atoms with Crippen LogP contribution in [0.3, 0.4) is 0 Å². The Morgan fingerprint density at radius 1 is 1.21 bits per heavy atom. The van der Waals surface area contributed by atoms with Crippen molar-refractivity contribution in [3.63, 3.8) is 0 Å². The summed E-state index contributed by atoms with van der Waals surface area (Å²) in [6, 6.07) is 9.97. The number of aromatic nitrogens is 2. The van der Waals surface area contributed by atoms with Gasteiger partial charge in [0.05, 0.1) is 11.6 Å². The minimum atomic E-state index is -0.787. The van der Waals surface area contributed by atoms with E-state index in [9.17, 15) is 13.6 Å². The van der Waals surface area contributed by atoms with Gasteiger partial charge in [0.2, 0.25) is 0 Å². The standard InChI is InChI=1S/C21H20F2N4O2/c22-14-5-8-19(18(23)10-14)29-16-6-3-13(4-7-16)20-17(21(24)28)12-27(26-20)15-2-1-9-25-11-15/h3-8,10,12,15,25H,1-2,9,11H2,(H2,24,28). The molecule has 3 aromatic rings. The van der Waals surface area contributed by atoms with Crippen molar-refractivity contribution in [2.24, 2.45) is 5.73 Å². The van der Waals surface area contributed by atoms with Gasteiger partial charge >= 0.3 is 0 Å². The lowest BCUT2D eigenvalue weighted by Gasteiger charge is -2.22. The van der Waals surface area contributed by atoms with E-state index in [1.165, 1.54) is 6.07 Å². The number of nitrogens with zero attached hydrogens (tertiary/aromatic N) is 2. The number of carbonyl (C=O) groups excluding carboxylic acids is 1. The van der Waals surface area contributed by atoms with Gasteiger partial charge in [0.15, 0.2) is 11.6 Å². The first kappa shape index (κ1) is 19.1. The number of primary amides is 1. The van der Waals surface area contributed by atoms with Crippen LogP contribution in [0.4, 0.5) is 8.78 Å². The minimum Gasteiger partial charge on any atom is -0.454 e. The Hall–Kier alpha value is -3.26. The number of benzene rings is 2. The van der Waals surface area contributed by atoms with Crippen molar-refractivity contribution >= 4 is 5.91 Å². The van der Waals surface area contributed by atoms with Gasteiger partial charge in [0, 0.05) is 24.4 Å². The summed E-state index contributed by atoms with van der Waals surface area (Å²) in [5, 5.41) is 7.92. The highest BCUT2D eigenvalue weighted by molar-refractivity contribution is 5.98. The van der Waals surface area contributed by atoms with Gasteiger partial charge in [-0.05, 0) is 55.8 Å². The van der Waals surface area contributed by atoms with Crippen LogP contribution in [-0.2, 0) is 0 Å². The van der Waals surface area contributed by atoms with Crippen LogP contribution < -0.4 is 15.8 Å². The zero-order chi connectivity index (χ0) is 20.4. The Labute approximate surface area is 166 Å². The predicted molar refractivity (Wildman–Crippen MR) is 104 cm³/mol. The van der Waals surface area contributed by atoms with Crippen LogP contribution in [0.15, 0.2) is 48.7 Å². The Morgan fingerprint density at radius 3 is 2.66 bits per heavy atom. The zero-order valence-electron chi connectivity index (χ0n) is 15.6. The highest BCUT2D eigenvalue weighted by Crippen LogP contribution is 2.29. The molecule has 2 heterocycles. The molecule has 0 aliphatic carbocycles. The molecule has 0 radical (unpaired) electrons. The second-order valence-electron chi connectivity index (χ2n) is 6.94. The Kier molecular flexibility index (Phi) is 5.26. The number of piperidine rings is 1. The lowest BCUT2D eigenvalue weighted by molar-refractivity contribution is 0.100. The summed E-state index contributed by atoms with van der Waals surface area (Å²) < 4.78 is 34.0.